The minimum atomic E-state index is -6.80. The summed E-state index contributed by atoms with van der Waals surface area (Å²) in [4.78, 5) is 26.0. The molecular formula is C60H39N7Si. The zero-order chi connectivity index (χ0) is 79.0. The first-order valence-electron chi connectivity index (χ1n) is 39.1. The van der Waals surface area contributed by atoms with Gasteiger partial charge in [0.2, 0.25) is 0 Å². The normalized spacial score (nSPS) is 20.6. The molecule has 0 saturated carbocycles. The van der Waals surface area contributed by atoms with Gasteiger partial charge in [0, 0.05) is 49.8 Å². The fourth-order valence-electron chi connectivity index (χ4n) is 7.72. The number of para-hydroxylation sites is 3. The van der Waals surface area contributed by atoms with Gasteiger partial charge in [-0.15, -0.1) is 0 Å². The summed E-state index contributed by atoms with van der Waals surface area (Å²) in [5, 5.41) is -6.16. The fraction of sp³-hybridized carbons (Fsp3) is 0. The van der Waals surface area contributed by atoms with Crippen LogP contribution in [-0.2, 0) is 0 Å². The molecule has 0 amide bonds. The Bertz CT molecular complexity index is 5680. The molecule has 0 saturated heterocycles. The summed E-state index contributed by atoms with van der Waals surface area (Å²) in [5.41, 5.74) is -8.71. The summed E-state index contributed by atoms with van der Waals surface area (Å²) in [6, 6.07) is -44.8. The minimum Gasteiger partial charge on any atom is -0.309 e. The monoisotopic (exact) mass is 925 g/mol. The molecule has 9 aromatic carbocycles. The van der Waals surface area contributed by atoms with Gasteiger partial charge in [-0.05, 0) is 32.8 Å². The average Bonchev–Trinajstić information content (AvgIpc) is 1.57. The zero-order valence-corrected chi connectivity index (χ0v) is 34.6. The van der Waals surface area contributed by atoms with Crippen molar-refractivity contribution in [1.29, 1.82) is 0 Å². The van der Waals surface area contributed by atoms with Gasteiger partial charge in [-0.2, -0.15) is 0 Å². The van der Waals surface area contributed by atoms with E-state index in [-0.39, 0.29) is 0 Å². The van der Waals surface area contributed by atoms with Crippen LogP contribution in [0.15, 0.2) is 236 Å². The summed E-state index contributed by atoms with van der Waals surface area (Å²) in [6.45, 7) is 0. The molecule has 0 spiro atoms. The third-order valence-electron chi connectivity index (χ3n) is 10.5. The van der Waals surface area contributed by atoms with Crippen molar-refractivity contribution in [2.45, 2.75) is 0 Å². The second kappa shape index (κ2) is 16.2. The van der Waals surface area contributed by atoms with Gasteiger partial charge < -0.3 is 4.57 Å². The maximum atomic E-state index is 10.8. The van der Waals surface area contributed by atoms with Gasteiger partial charge >= 0.3 is 0 Å². The summed E-state index contributed by atoms with van der Waals surface area (Å²) in [7, 11) is -6.80. The highest BCUT2D eigenvalue weighted by molar-refractivity contribution is 7.21. The lowest BCUT2D eigenvalue weighted by Gasteiger charge is -2.40. The Morgan fingerprint density at radius 2 is 0.662 bits per heavy atom. The third kappa shape index (κ3) is 6.41. The van der Waals surface area contributed by atoms with Gasteiger partial charge in [-0.3, -0.25) is 0 Å². The summed E-state index contributed by atoms with van der Waals surface area (Å²) in [5.74, 6) is -6.61. The molecule has 1 aliphatic heterocycles. The predicted octanol–water partition coefficient (Wildman–Crippen LogP) is 10.8. The number of rotatable bonds is 8. The van der Waals surface area contributed by atoms with Crippen LogP contribution in [0.2, 0.25) is 0 Å². The zero-order valence-electron chi connectivity index (χ0n) is 72.6. The molecule has 13 rings (SSSR count). The number of nitrogens with zero attached hydrogens (tertiary/aromatic N) is 7. The van der Waals surface area contributed by atoms with Gasteiger partial charge in [-0.1, -0.05) is 224 Å². The largest absolute Gasteiger partial charge is 0.309 e. The second-order valence-electron chi connectivity index (χ2n) is 14.1. The van der Waals surface area contributed by atoms with E-state index in [2.05, 4.69) is 29.9 Å². The number of aromatic nitrogens is 7. The molecule has 68 heavy (non-hydrogen) atoms. The summed E-state index contributed by atoms with van der Waals surface area (Å²) < 4.78 is 363. The lowest BCUT2D eigenvalue weighted by atomic mass is 10.1. The highest BCUT2D eigenvalue weighted by atomic mass is 28.3. The lowest BCUT2D eigenvalue weighted by Crippen LogP contribution is -2.76. The van der Waals surface area contributed by atoms with Crippen LogP contribution < -0.4 is 20.7 Å². The van der Waals surface area contributed by atoms with Crippen LogP contribution in [0.1, 0.15) is 53.5 Å². The molecule has 0 unspecified atom stereocenters. The van der Waals surface area contributed by atoms with Crippen molar-refractivity contribution in [3.05, 3.63) is 236 Å². The molecule has 0 bridgehead atoms. The van der Waals surface area contributed by atoms with Crippen LogP contribution in [0.5, 0.6) is 0 Å². The fourth-order valence-corrected chi connectivity index (χ4v) is 12.0. The Balaban J connectivity index is 1.34. The van der Waals surface area contributed by atoms with Crippen LogP contribution >= 0.6 is 0 Å². The predicted molar refractivity (Wildman–Crippen MR) is 277 cm³/mol. The molecule has 0 atom stereocenters. The number of benzene rings is 9. The average molecular weight is 925 g/mol. The standard InChI is InChI=1S/C60H39N7Si/c1-5-20-40(21-6-1)55-61-56(41-22-7-2-8-23-41)64-59(63-55)44-28-17-30-46(38-44)68(52-36-16-15-35-51(52)67-50-34-14-13-32-48(50)49-33-19-37-53(68)54(49)67)47-31-18-29-45(39-47)60-65-57(42-24-9-3-10-25-42)62-58(66-60)43-26-11-4-12-27-43/h1-39H/i1D,2D,3D,4D,5D,6D,7D,8D,9D,10D,11D,12D,13D,14D,15D,16D,17D,18D,19D,20D,21D,22D,23D,24D,25D,26D,27D,28D,29D,30D,31D,32D,33D,34D,35D,36D,37D,38D,39D. The van der Waals surface area contributed by atoms with E-state index in [1.807, 2.05) is 0 Å². The Morgan fingerprint density at radius 3 is 1.15 bits per heavy atom. The number of hydrogen-bond donors (Lipinski definition) is 0. The van der Waals surface area contributed by atoms with Crippen molar-refractivity contribution in [2.75, 3.05) is 0 Å². The van der Waals surface area contributed by atoms with Crippen molar-refractivity contribution in [3.8, 4) is 74.0 Å². The molecular weight excluding hydrogens is 847 g/mol. The molecule has 0 radical (unpaired) electrons. The van der Waals surface area contributed by atoms with Gasteiger partial charge in [0.05, 0.1) is 64.5 Å². The first-order valence-corrected chi connectivity index (χ1v) is 21.6. The molecule has 318 valence electrons. The molecule has 12 aromatic rings. The van der Waals surface area contributed by atoms with Crippen LogP contribution in [0.4, 0.5) is 0 Å². The van der Waals surface area contributed by atoms with E-state index in [1.165, 1.54) is 0 Å². The topological polar surface area (TPSA) is 82.3 Å². The summed E-state index contributed by atoms with van der Waals surface area (Å²) >= 11 is 0. The van der Waals surface area contributed by atoms with E-state index in [0.717, 1.165) is 4.57 Å². The van der Waals surface area contributed by atoms with Crippen LogP contribution in [0.3, 0.4) is 0 Å². The number of fused-ring (bicyclic) bond motifs is 5. The van der Waals surface area contributed by atoms with E-state index in [1.54, 1.807) is 0 Å². The van der Waals surface area contributed by atoms with E-state index in [4.69, 9.17) is 30.2 Å². The molecule has 7 nitrogen and oxygen atoms in total. The molecule has 4 heterocycles. The second-order valence-corrected chi connectivity index (χ2v) is 17.6. The van der Waals surface area contributed by atoms with Crippen LogP contribution in [0, 0.1) is 0 Å². The molecule has 3 aromatic heterocycles. The highest BCUT2D eigenvalue weighted by Crippen LogP contribution is 2.36. The van der Waals surface area contributed by atoms with Gasteiger partial charge in [-0.25, -0.2) is 29.9 Å². The Kier molecular flexibility index (Phi) is 3.90. The smallest absolute Gasteiger partial charge is 0.184 e. The first-order chi connectivity index (χ1) is 49.9. The maximum Gasteiger partial charge on any atom is 0.184 e. The highest BCUT2D eigenvalue weighted by Gasteiger charge is 2.48. The molecule has 0 fully saturated rings. The van der Waals surface area contributed by atoms with Crippen LogP contribution in [0.25, 0.3) is 95.8 Å². The van der Waals surface area contributed by atoms with Crippen molar-refractivity contribution < 1.29 is 53.5 Å². The van der Waals surface area contributed by atoms with Crippen molar-refractivity contribution in [1.82, 2.24) is 34.5 Å². The Hall–Kier alpha value is -8.98. The van der Waals surface area contributed by atoms with Crippen LogP contribution in [-0.4, -0.2) is 42.5 Å². The SMILES string of the molecule is [2H]c1c([2H])c([2H])c(-c2nc(-c3c([2H])c([2H])c([2H])c([2H])c3[2H])nc(-c3c([2H])c([2H])c([2H])c([Si]4(c5c([2H])c([2H])c([2H])c(-c6nc(-c7c([2H])c([2H])c([2H])c([2H])c7[2H])nc(-c7c([2H])c([2H])c([2H])c([2H])c7[2H])n6)c5[2H])c5c([2H])c([2H])c([2H])c([2H])c5-n5c6c([2H])c([2H])c([2H])c([2H])c6c6c([2H])c([2H])c([2H])c4c65)c3[2H])n2)c([2H])c1[2H]. The van der Waals surface area contributed by atoms with E-state index >= 15 is 0 Å². The van der Waals surface area contributed by atoms with Gasteiger partial charge in [0.1, 0.15) is 0 Å². The maximum absolute atomic E-state index is 10.8. The summed E-state index contributed by atoms with van der Waals surface area (Å²) in [6.07, 6.45) is 0. The quantitative estimate of drug-likeness (QED) is 0.141. The molecule has 0 aliphatic carbocycles. The number of hydrogen-bond acceptors (Lipinski definition) is 6. The van der Waals surface area contributed by atoms with Crippen molar-refractivity contribution in [3.63, 3.8) is 0 Å². The third-order valence-corrected chi connectivity index (χ3v) is 14.7. The van der Waals surface area contributed by atoms with E-state index < -0.39 is 360 Å². The van der Waals surface area contributed by atoms with Crippen molar-refractivity contribution in [2.24, 2.45) is 0 Å². The molecule has 8 heteroatoms. The van der Waals surface area contributed by atoms with Crippen molar-refractivity contribution >= 4 is 50.6 Å². The molecule has 0 N–H and O–H groups in total. The Labute approximate surface area is 448 Å². The van der Waals surface area contributed by atoms with Gasteiger partial charge in [0.15, 0.2) is 43.0 Å². The minimum absolute atomic E-state index is 0.703. The Morgan fingerprint density at radius 1 is 0.309 bits per heavy atom. The van der Waals surface area contributed by atoms with E-state index in [0.29, 0.717) is 0 Å². The first kappa shape index (κ1) is 16.4. The molecule has 1 aliphatic rings. The van der Waals surface area contributed by atoms with E-state index in [9.17, 15) is 23.3 Å². The lowest BCUT2D eigenvalue weighted by molar-refractivity contribution is 1.07. The van der Waals surface area contributed by atoms with Gasteiger partial charge in [0.25, 0.3) is 0 Å².